The van der Waals surface area contributed by atoms with Crippen molar-refractivity contribution in [2.45, 2.75) is 4.90 Å². The number of halogens is 1. The molecule has 1 aromatic carbocycles. The SMILES string of the molecule is CN(c1cccnc1)S(=O)(=O)c1ccccc1Br. The summed E-state index contributed by atoms with van der Waals surface area (Å²) >= 11 is 3.25. The van der Waals surface area contributed by atoms with E-state index < -0.39 is 10.0 Å². The molecule has 0 fully saturated rings. The van der Waals surface area contributed by atoms with Crippen LogP contribution in [0.2, 0.25) is 0 Å². The molecule has 1 aromatic heterocycles. The number of aromatic nitrogens is 1. The minimum absolute atomic E-state index is 0.233. The van der Waals surface area contributed by atoms with Crippen LogP contribution in [0.1, 0.15) is 0 Å². The number of rotatable bonds is 3. The van der Waals surface area contributed by atoms with Gasteiger partial charge in [-0.15, -0.1) is 0 Å². The molecule has 0 aliphatic rings. The Hall–Kier alpha value is -1.40. The van der Waals surface area contributed by atoms with Crippen LogP contribution in [0, 0.1) is 0 Å². The van der Waals surface area contributed by atoms with E-state index in [0.29, 0.717) is 10.2 Å². The molecule has 0 unspecified atom stereocenters. The van der Waals surface area contributed by atoms with Gasteiger partial charge in [-0.05, 0) is 40.2 Å². The molecule has 2 rings (SSSR count). The molecular formula is C12H11BrN2O2S. The topological polar surface area (TPSA) is 50.3 Å². The van der Waals surface area contributed by atoms with Gasteiger partial charge in [-0.1, -0.05) is 12.1 Å². The summed E-state index contributed by atoms with van der Waals surface area (Å²) in [6.07, 6.45) is 3.11. The van der Waals surface area contributed by atoms with Crippen molar-refractivity contribution in [3.05, 3.63) is 53.3 Å². The third-order valence-corrected chi connectivity index (χ3v) is 5.28. The van der Waals surface area contributed by atoms with Gasteiger partial charge in [-0.2, -0.15) is 0 Å². The largest absolute Gasteiger partial charge is 0.268 e. The van der Waals surface area contributed by atoms with Gasteiger partial charge in [0.2, 0.25) is 0 Å². The summed E-state index contributed by atoms with van der Waals surface area (Å²) in [6.45, 7) is 0. The standard InChI is InChI=1S/C12H11BrN2O2S/c1-15(10-5-4-8-14-9-10)18(16,17)12-7-3-2-6-11(12)13/h2-9H,1H3. The predicted octanol–water partition coefficient (Wildman–Crippen LogP) is 2.67. The molecule has 0 saturated heterocycles. The number of hydrogen-bond donors (Lipinski definition) is 0. The van der Waals surface area contributed by atoms with Gasteiger partial charge >= 0.3 is 0 Å². The quantitative estimate of drug-likeness (QED) is 0.871. The minimum Gasteiger partial charge on any atom is -0.268 e. The average Bonchev–Trinajstić information content (AvgIpc) is 2.39. The normalized spacial score (nSPS) is 11.2. The van der Waals surface area contributed by atoms with E-state index in [1.807, 2.05) is 0 Å². The first kappa shape index (κ1) is 13.0. The Morgan fingerprint density at radius 2 is 1.89 bits per heavy atom. The Balaban J connectivity index is 2.48. The summed E-state index contributed by atoms with van der Waals surface area (Å²) in [7, 11) is -2.07. The van der Waals surface area contributed by atoms with E-state index in [4.69, 9.17) is 0 Å². The van der Waals surface area contributed by atoms with Crippen LogP contribution < -0.4 is 4.31 Å². The molecule has 0 saturated carbocycles. The van der Waals surface area contributed by atoms with Gasteiger partial charge < -0.3 is 0 Å². The number of benzene rings is 1. The van der Waals surface area contributed by atoms with Crippen LogP contribution in [0.5, 0.6) is 0 Å². The van der Waals surface area contributed by atoms with Crippen molar-refractivity contribution in [1.82, 2.24) is 4.98 Å². The van der Waals surface area contributed by atoms with Crippen molar-refractivity contribution < 1.29 is 8.42 Å². The maximum Gasteiger partial charge on any atom is 0.265 e. The number of pyridine rings is 1. The van der Waals surface area contributed by atoms with E-state index in [9.17, 15) is 8.42 Å². The maximum atomic E-state index is 12.4. The molecule has 0 radical (unpaired) electrons. The van der Waals surface area contributed by atoms with Gasteiger partial charge in [-0.3, -0.25) is 9.29 Å². The van der Waals surface area contributed by atoms with Crippen LogP contribution in [-0.2, 0) is 10.0 Å². The second-order valence-corrected chi connectivity index (χ2v) is 6.41. The van der Waals surface area contributed by atoms with Crippen LogP contribution in [0.25, 0.3) is 0 Å². The minimum atomic E-state index is -3.58. The van der Waals surface area contributed by atoms with E-state index in [1.165, 1.54) is 17.5 Å². The Labute approximate surface area is 114 Å². The number of hydrogen-bond acceptors (Lipinski definition) is 3. The Bertz CT molecular complexity index is 644. The molecule has 0 aliphatic carbocycles. The number of anilines is 1. The van der Waals surface area contributed by atoms with Crippen LogP contribution in [-0.4, -0.2) is 20.4 Å². The first-order valence-electron chi connectivity index (χ1n) is 5.17. The van der Waals surface area contributed by atoms with Crippen molar-refractivity contribution in [3.63, 3.8) is 0 Å². The highest BCUT2D eigenvalue weighted by Crippen LogP contribution is 2.26. The van der Waals surface area contributed by atoms with Gasteiger partial charge in [-0.25, -0.2) is 8.42 Å². The fourth-order valence-corrected chi connectivity index (χ4v) is 3.62. The zero-order valence-electron chi connectivity index (χ0n) is 9.62. The summed E-state index contributed by atoms with van der Waals surface area (Å²) < 4.78 is 26.6. The molecule has 6 heteroatoms. The molecule has 0 atom stereocenters. The van der Waals surface area contributed by atoms with Crippen molar-refractivity contribution in [1.29, 1.82) is 0 Å². The van der Waals surface area contributed by atoms with Gasteiger partial charge in [0.15, 0.2) is 0 Å². The predicted molar refractivity (Wildman–Crippen MR) is 74.0 cm³/mol. The van der Waals surface area contributed by atoms with E-state index in [2.05, 4.69) is 20.9 Å². The van der Waals surface area contributed by atoms with Crippen LogP contribution in [0.15, 0.2) is 58.2 Å². The summed E-state index contributed by atoms with van der Waals surface area (Å²) in [5.74, 6) is 0. The second-order valence-electron chi connectivity index (χ2n) is 3.61. The molecule has 94 valence electrons. The molecule has 2 aromatic rings. The zero-order chi connectivity index (χ0) is 13.2. The van der Waals surface area contributed by atoms with Gasteiger partial charge in [0.05, 0.1) is 11.9 Å². The summed E-state index contributed by atoms with van der Waals surface area (Å²) in [5, 5.41) is 0. The van der Waals surface area contributed by atoms with Gasteiger partial charge in [0, 0.05) is 17.7 Å². The van der Waals surface area contributed by atoms with Crippen molar-refractivity contribution in [2.75, 3.05) is 11.4 Å². The van der Waals surface area contributed by atoms with E-state index >= 15 is 0 Å². The molecule has 1 heterocycles. The van der Waals surface area contributed by atoms with E-state index in [1.54, 1.807) is 42.6 Å². The Morgan fingerprint density at radius 3 is 2.50 bits per heavy atom. The highest BCUT2D eigenvalue weighted by Gasteiger charge is 2.23. The van der Waals surface area contributed by atoms with Crippen LogP contribution in [0.4, 0.5) is 5.69 Å². The van der Waals surface area contributed by atoms with E-state index in [-0.39, 0.29) is 4.90 Å². The zero-order valence-corrected chi connectivity index (χ0v) is 12.0. The molecular weight excluding hydrogens is 316 g/mol. The van der Waals surface area contributed by atoms with Crippen LogP contribution in [0.3, 0.4) is 0 Å². The lowest BCUT2D eigenvalue weighted by Gasteiger charge is -2.19. The molecule has 4 nitrogen and oxygen atoms in total. The summed E-state index contributed by atoms with van der Waals surface area (Å²) in [6, 6.07) is 10.1. The third-order valence-electron chi connectivity index (χ3n) is 2.48. The smallest absolute Gasteiger partial charge is 0.265 e. The Morgan fingerprint density at radius 1 is 1.17 bits per heavy atom. The number of sulfonamides is 1. The monoisotopic (exact) mass is 326 g/mol. The summed E-state index contributed by atoms with van der Waals surface area (Å²) in [4.78, 5) is 4.15. The highest BCUT2D eigenvalue weighted by molar-refractivity contribution is 9.10. The number of nitrogens with zero attached hydrogens (tertiary/aromatic N) is 2. The van der Waals surface area contributed by atoms with Gasteiger partial charge in [0.25, 0.3) is 10.0 Å². The summed E-state index contributed by atoms with van der Waals surface area (Å²) in [5.41, 5.74) is 0.522. The maximum absolute atomic E-state index is 12.4. The van der Waals surface area contributed by atoms with Gasteiger partial charge in [0.1, 0.15) is 4.90 Å². The second kappa shape index (κ2) is 5.07. The lowest BCUT2D eigenvalue weighted by Crippen LogP contribution is -2.26. The third kappa shape index (κ3) is 2.39. The molecule has 0 amide bonds. The van der Waals surface area contributed by atoms with Crippen molar-refractivity contribution in [3.8, 4) is 0 Å². The first-order chi connectivity index (χ1) is 8.53. The molecule has 0 N–H and O–H groups in total. The van der Waals surface area contributed by atoms with Crippen molar-refractivity contribution >= 4 is 31.6 Å². The fraction of sp³-hybridized carbons (Fsp3) is 0.0833. The van der Waals surface area contributed by atoms with Crippen LogP contribution >= 0.6 is 15.9 Å². The first-order valence-corrected chi connectivity index (χ1v) is 7.40. The lowest BCUT2D eigenvalue weighted by atomic mass is 10.4. The molecule has 0 aliphatic heterocycles. The Kier molecular flexibility index (Phi) is 3.68. The van der Waals surface area contributed by atoms with E-state index in [0.717, 1.165) is 0 Å². The lowest BCUT2D eigenvalue weighted by molar-refractivity contribution is 0.594. The fourth-order valence-electron chi connectivity index (χ4n) is 1.48. The van der Waals surface area contributed by atoms with Crippen molar-refractivity contribution in [2.24, 2.45) is 0 Å². The molecule has 0 spiro atoms. The highest BCUT2D eigenvalue weighted by atomic mass is 79.9. The molecule has 18 heavy (non-hydrogen) atoms. The molecule has 0 bridgehead atoms. The average molecular weight is 327 g/mol.